The summed E-state index contributed by atoms with van der Waals surface area (Å²) >= 11 is 0. The van der Waals surface area contributed by atoms with Crippen LogP contribution >= 0.6 is 0 Å². The van der Waals surface area contributed by atoms with Gasteiger partial charge in [-0.15, -0.1) is 0 Å². The number of para-hydroxylation sites is 1. The maximum atomic E-state index is 11.6. The number of aromatic nitrogens is 1. The van der Waals surface area contributed by atoms with Crippen LogP contribution in [0.1, 0.15) is 0 Å². The van der Waals surface area contributed by atoms with Gasteiger partial charge in [0.2, 0.25) is 0 Å². The molecule has 0 atom stereocenters. The van der Waals surface area contributed by atoms with E-state index in [1.165, 1.54) is 12.3 Å². The number of anilines is 2. The Bertz CT molecular complexity index is 599. The van der Waals surface area contributed by atoms with E-state index in [2.05, 4.69) is 15.6 Å². The molecule has 5 nitrogen and oxygen atoms in total. The highest BCUT2D eigenvalue weighted by molar-refractivity contribution is 5.99. The van der Waals surface area contributed by atoms with Crippen molar-refractivity contribution >= 4 is 17.4 Å². The molecular weight excluding hydrogens is 230 g/mol. The Kier molecular flexibility index (Phi) is 3.66. The second-order valence-electron chi connectivity index (χ2n) is 3.49. The second-order valence-corrected chi connectivity index (χ2v) is 3.49. The summed E-state index contributed by atoms with van der Waals surface area (Å²) in [6.45, 7) is 0. The van der Waals surface area contributed by atoms with Gasteiger partial charge in [0.1, 0.15) is 5.69 Å². The fourth-order valence-electron chi connectivity index (χ4n) is 1.35. The third-order valence-corrected chi connectivity index (χ3v) is 2.16. The molecule has 0 unspecified atom stereocenters. The molecule has 0 saturated carbocycles. The minimum Gasteiger partial charge on any atom is -0.308 e. The van der Waals surface area contributed by atoms with E-state index >= 15 is 0 Å². The molecule has 0 saturated heterocycles. The predicted octanol–water partition coefficient (Wildman–Crippen LogP) is 2.09. The standard InChI is InChI=1S/C13H11N3O2/c17-12-11(8-4-5-9-14-12)16-13(18)15-10-6-2-1-3-7-10/h1-9H,(H2,14,15,16,17,18). The van der Waals surface area contributed by atoms with Crippen LogP contribution in [0.25, 0.3) is 0 Å². The molecule has 0 spiro atoms. The average molecular weight is 241 g/mol. The van der Waals surface area contributed by atoms with Crippen LogP contribution in [0.15, 0.2) is 59.5 Å². The van der Waals surface area contributed by atoms with E-state index in [0.29, 0.717) is 5.69 Å². The molecule has 0 fully saturated rings. The first-order chi connectivity index (χ1) is 8.75. The van der Waals surface area contributed by atoms with E-state index in [1.54, 1.807) is 36.4 Å². The third kappa shape index (κ3) is 3.15. The molecule has 0 aliphatic heterocycles. The lowest BCUT2D eigenvalue weighted by molar-refractivity contribution is 0.262. The summed E-state index contributed by atoms with van der Waals surface area (Å²) in [5.41, 5.74) is 0.298. The summed E-state index contributed by atoms with van der Waals surface area (Å²) in [7, 11) is 0. The van der Waals surface area contributed by atoms with Crippen molar-refractivity contribution in [1.29, 1.82) is 0 Å². The molecule has 2 rings (SSSR count). The number of urea groups is 1. The number of rotatable bonds is 2. The topological polar surface area (TPSA) is 71.1 Å². The van der Waals surface area contributed by atoms with Gasteiger partial charge in [-0.25, -0.2) is 9.78 Å². The Morgan fingerprint density at radius 2 is 1.67 bits per heavy atom. The van der Waals surface area contributed by atoms with Crippen LogP contribution in [0.4, 0.5) is 16.2 Å². The minimum absolute atomic E-state index is 0.133. The van der Waals surface area contributed by atoms with Crippen LogP contribution in [0, 0.1) is 0 Å². The summed E-state index contributed by atoms with van der Waals surface area (Å²) in [4.78, 5) is 26.7. The highest BCUT2D eigenvalue weighted by Crippen LogP contribution is 2.05. The van der Waals surface area contributed by atoms with Crippen LogP contribution in [0.2, 0.25) is 0 Å². The molecule has 0 bridgehead atoms. The Labute approximate surface area is 104 Å². The molecule has 5 heteroatoms. The Balaban J connectivity index is 2.09. The number of nitrogens with zero attached hydrogens (tertiary/aromatic N) is 1. The first-order valence-electron chi connectivity index (χ1n) is 5.34. The first-order valence-corrected chi connectivity index (χ1v) is 5.34. The zero-order valence-corrected chi connectivity index (χ0v) is 9.46. The van der Waals surface area contributed by atoms with Crippen molar-refractivity contribution in [3.63, 3.8) is 0 Å². The maximum absolute atomic E-state index is 11.6. The normalized spacial score (nSPS) is 9.56. The lowest BCUT2D eigenvalue weighted by Gasteiger charge is -2.05. The highest BCUT2D eigenvalue weighted by atomic mass is 16.2. The van der Waals surface area contributed by atoms with Crippen LogP contribution in [0.3, 0.4) is 0 Å². The number of hydrogen-bond acceptors (Lipinski definition) is 3. The number of amides is 2. The van der Waals surface area contributed by atoms with Crippen LogP contribution in [-0.2, 0) is 0 Å². The van der Waals surface area contributed by atoms with Gasteiger partial charge in [0.25, 0.3) is 5.56 Å². The van der Waals surface area contributed by atoms with Crippen molar-refractivity contribution in [2.24, 2.45) is 0 Å². The molecule has 2 N–H and O–H groups in total. The predicted molar refractivity (Wildman–Crippen MR) is 69.6 cm³/mol. The van der Waals surface area contributed by atoms with Gasteiger partial charge < -0.3 is 10.6 Å². The van der Waals surface area contributed by atoms with E-state index in [0.717, 1.165) is 0 Å². The monoisotopic (exact) mass is 241 g/mol. The van der Waals surface area contributed by atoms with E-state index in [9.17, 15) is 9.59 Å². The third-order valence-electron chi connectivity index (χ3n) is 2.16. The number of benzene rings is 1. The SMILES string of the molecule is O=C(Nc1ccccc1)Nc1ccccnc1=O. The summed E-state index contributed by atoms with van der Waals surface area (Å²) in [6.07, 6.45) is 1.38. The molecule has 1 aromatic heterocycles. The smallest absolute Gasteiger partial charge is 0.308 e. The lowest BCUT2D eigenvalue weighted by atomic mass is 10.3. The number of nitrogens with one attached hydrogen (secondary N) is 2. The Morgan fingerprint density at radius 3 is 2.44 bits per heavy atom. The van der Waals surface area contributed by atoms with E-state index in [-0.39, 0.29) is 5.69 Å². The lowest BCUT2D eigenvalue weighted by Crippen LogP contribution is -2.23. The molecule has 0 radical (unpaired) electrons. The molecule has 18 heavy (non-hydrogen) atoms. The van der Waals surface area contributed by atoms with E-state index in [4.69, 9.17) is 0 Å². The van der Waals surface area contributed by atoms with Crippen LogP contribution in [0.5, 0.6) is 0 Å². The number of carbonyl (C=O) groups is 1. The first kappa shape index (κ1) is 11.8. The van der Waals surface area contributed by atoms with Crippen LogP contribution < -0.4 is 16.2 Å². The summed E-state index contributed by atoms with van der Waals surface area (Å²) < 4.78 is 0. The number of carbonyl (C=O) groups excluding carboxylic acids is 1. The van der Waals surface area contributed by atoms with Gasteiger partial charge >= 0.3 is 6.03 Å². The van der Waals surface area contributed by atoms with Gasteiger partial charge in [-0.1, -0.05) is 24.3 Å². The van der Waals surface area contributed by atoms with Crippen molar-refractivity contribution in [3.05, 3.63) is 65.1 Å². The Hall–Kier alpha value is -2.69. The molecular formula is C13H11N3O2. The van der Waals surface area contributed by atoms with Crippen LogP contribution in [-0.4, -0.2) is 11.0 Å². The van der Waals surface area contributed by atoms with Gasteiger partial charge in [0.15, 0.2) is 0 Å². The fourth-order valence-corrected chi connectivity index (χ4v) is 1.35. The zero-order chi connectivity index (χ0) is 12.8. The summed E-state index contributed by atoms with van der Waals surface area (Å²) in [6, 6.07) is 13.2. The van der Waals surface area contributed by atoms with Gasteiger partial charge in [0.05, 0.1) is 0 Å². The largest absolute Gasteiger partial charge is 0.323 e. The highest BCUT2D eigenvalue weighted by Gasteiger charge is 2.04. The molecule has 2 aromatic rings. The van der Waals surface area contributed by atoms with Gasteiger partial charge in [0, 0.05) is 11.9 Å². The summed E-state index contributed by atoms with van der Waals surface area (Å²) in [5.74, 6) is 0. The second kappa shape index (κ2) is 5.58. The Morgan fingerprint density at radius 1 is 0.944 bits per heavy atom. The molecule has 90 valence electrons. The van der Waals surface area contributed by atoms with E-state index < -0.39 is 11.6 Å². The maximum Gasteiger partial charge on any atom is 0.323 e. The number of hydrogen-bond donors (Lipinski definition) is 2. The van der Waals surface area contributed by atoms with E-state index in [1.807, 2.05) is 6.07 Å². The fraction of sp³-hybridized carbons (Fsp3) is 0. The molecule has 2 amide bonds. The van der Waals surface area contributed by atoms with Crippen molar-refractivity contribution in [1.82, 2.24) is 4.98 Å². The van der Waals surface area contributed by atoms with Gasteiger partial charge in [-0.05, 0) is 24.3 Å². The van der Waals surface area contributed by atoms with Crippen molar-refractivity contribution in [2.45, 2.75) is 0 Å². The zero-order valence-electron chi connectivity index (χ0n) is 9.46. The van der Waals surface area contributed by atoms with Gasteiger partial charge in [-0.3, -0.25) is 4.79 Å². The molecule has 1 aromatic carbocycles. The molecule has 0 aliphatic rings. The summed E-state index contributed by atoms with van der Waals surface area (Å²) in [5, 5.41) is 5.06. The molecule has 1 heterocycles. The molecule has 0 aliphatic carbocycles. The van der Waals surface area contributed by atoms with Crippen molar-refractivity contribution in [3.8, 4) is 0 Å². The average Bonchev–Trinajstić information content (AvgIpc) is 2.56. The van der Waals surface area contributed by atoms with Crippen molar-refractivity contribution < 1.29 is 4.79 Å². The minimum atomic E-state index is -0.483. The van der Waals surface area contributed by atoms with Crippen molar-refractivity contribution in [2.75, 3.05) is 10.6 Å². The quantitative estimate of drug-likeness (QED) is 0.845. The van der Waals surface area contributed by atoms with Gasteiger partial charge in [-0.2, -0.15) is 0 Å².